The summed E-state index contributed by atoms with van der Waals surface area (Å²) in [5.41, 5.74) is 4.99. The van der Waals surface area contributed by atoms with Crippen molar-refractivity contribution >= 4 is 11.9 Å². The lowest BCUT2D eigenvalue weighted by Gasteiger charge is -2.41. The molecule has 1 fully saturated rings. The average molecular weight is 383 g/mol. The maximum absolute atomic E-state index is 13.1. The fraction of sp³-hybridized carbons (Fsp3) is 0.478. The van der Waals surface area contributed by atoms with Gasteiger partial charge < -0.3 is 14.4 Å². The molecule has 0 aromatic heterocycles. The molecule has 0 radical (unpaired) electrons. The number of benzene rings is 1. The molecule has 2 heterocycles. The number of ether oxygens (including phenoxy) is 2. The Balaban J connectivity index is 2.26. The highest BCUT2D eigenvalue weighted by Crippen LogP contribution is 2.46. The first kappa shape index (κ1) is 20.2. The molecule has 0 aliphatic carbocycles. The van der Waals surface area contributed by atoms with Gasteiger partial charge in [0.05, 0.1) is 30.3 Å². The van der Waals surface area contributed by atoms with Crippen LogP contribution in [0, 0.1) is 6.92 Å². The first-order valence-electron chi connectivity index (χ1n) is 10.1. The van der Waals surface area contributed by atoms with Gasteiger partial charge in [-0.05, 0) is 58.1 Å². The van der Waals surface area contributed by atoms with E-state index in [0.29, 0.717) is 24.4 Å². The molecule has 2 aliphatic heterocycles. The molecule has 0 saturated carbocycles. The second-order valence-electron chi connectivity index (χ2n) is 7.20. The highest BCUT2D eigenvalue weighted by atomic mass is 16.5. The van der Waals surface area contributed by atoms with Gasteiger partial charge in [-0.15, -0.1) is 0 Å². The molecule has 0 bridgehead atoms. The number of aryl methyl sites for hydroxylation is 1. The van der Waals surface area contributed by atoms with E-state index in [0.717, 1.165) is 48.3 Å². The van der Waals surface area contributed by atoms with Crippen LogP contribution in [0.4, 0.5) is 0 Å². The lowest BCUT2D eigenvalue weighted by Crippen LogP contribution is -2.38. The summed E-state index contributed by atoms with van der Waals surface area (Å²) in [6.07, 6.45) is 2.86. The van der Waals surface area contributed by atoms with Gasteiger partial charge in [0.2, 0.25) is 0 Å². The Bertz CT molecular complexity index is 837. The van der Waals surface area contributed by atoms with Crippen molar-refractivity contribution in [3.05, 3.63) is 57.9 Å². The Morgan fingerprint density at radius 2 is 1.64 bits per heavy atom. The molecule has 3 rings (SSSR count). The summed E-state index contributed by atoms with van der Waals surface area (Å²) in [5, 5.41) is 0. The number of carbonyl (C=O) groups is 2. The lowest BCUT2D eigenvalue weighted by atomic mass is 9.76. The maximum Gasteiger partial charge on any atom is 0.336 e. The maximum atomic E-state index is 13.1. The molecule has 5 nitrogen and oxygen atoms in total. The van der Waals surface area contributed by atoms with Gasteiger partial charge in [0.25, 0.3) is 0 Å². The van der Waals surface area contributed by atoms with Crippen molar-refractivity contribution in [2.24, 2.45) is 0 Å². The van der Waals surface area contributed by atoms with Gasteiger partial charge in [-0.1, -0.05) is 24.3 Å². The molecule has 150 valence electrons. The minimum atomic E-state index is -0.469. The minimum Gasteiger partial charge on any atom is -0.463 e. The SMILES string of the molecule is CCOC(=O)C1=C(C)N2CCCCC2=C(C(=O)OCC)C1c1ccccc1C. The third-order valence-corrected chi connectivity index (χ3v) is 5.54. The van der Waals surface area contributed by atoms with Crippen LogP contribution in [0.15, 0.2) is 46.8 Å². The van der Waals surface area contributed by atoms with E-state index in [1.807, 2.05) is 38.1 Å². The van der Waals surface area contributed by atoms with Crippen LogP contribution in [0.1, 0.15) is 57.1 Å². The predicted molar refractivity (Wildman–Crippen MR) is 107 cm³/mol. The number of hydrogen-bond donors (Lipinski definition) is 0. The number of nitrogens with zero attached hydrogens (tertiary/aromatic N) is 1. The van der Waals surface area contributed by atoms with E-state index in [4.69, 9.17) is 9.47 Å². The Labute approximate surface area is 167 Å². The summed E-state index contributed by atoms with van der Waals surface area (Å²) >= 11 is 0. The lowest BCUT2D eigenvalue weighted by molar-refractivity contribution is -0.139. The van der Waals surface area contributed by atoms with Crippen LogP contribution in [0.5, 0.6) is 0 Å². The third kappa shape index (κ3) is 3.58. The monoisotopic (exact) mass is 383 g/mol. The molecule has 1 saturated heterocycles. The summed E-state index contributed by atoms with van der Waals surface area (Å²) in [7, 11) is 0. The zero-order valence-electron chi connectivity index (χ0n) is 17.2. The van der Waals surface area contributed by atoms with Gasteiger partial charge >= 0.3 is 11.9 Å². The number of fused-ring (bicyclic) bond motifs is 1. The Morgan fingerprint density at radius 3 is 2.29 bits per heavy atom. The van der Waals surface area contributed by atoms with Crippen LogP contribution in [-0.2, 0) is 19.1 Å². The molecule has 0 amide bonds. The molecule has 2 aliphatic rings. The van der Waals surface area contributed by atoms with Gasteiger partial charge in [0.1, 0.15) is 0 Å². The van der Waals surface area contributed by atoms with E-state index in [-0.39, 0.29) is 11.9 Å². The van der Waals surface area contributed by atoms with Crippen LogP contribution in [0.3, 0.4) is 0 Å². The number of piperidine rings is 1. The predicted octanol–water partition coefficient (Wildman–Crippen LogP) is 4.23. The van der Waals surface area contributed by atoms with Crippen molar-refractivity contribution in [3.63, 3.8) is 0 Å². The van der Waals surface area contributed by atoms with E-state index in [2.05, 4.69) is 4.90 Å². The molecule has 1 atom stereocenters. The normalized spacial score (nSPS) is 19.4. The smallest absolute Gasteiger partial charge is 0.336 e. The Kier molecular flexibility index (Phi) is 6.22. The van der Waals surface area contributed by atoms with Crippen molar-refractivity contribution in [1.29, 1.82) is 0 Å². The van der Waals surface area contributed by atoms with Gasteiger partial charge in [-0.2, -0.15) is 0 Å². The molecule has 1 aromatic rings. The molecule has 5 heteroatoms. The zero-order valence-corrected chi connectivity index (χ0v) is 17.2. The van der Waals surface area contributed by atoms with Gasteiger partial charge in [0.15, 0.2) is 0 Å². The Hall–Kier alpha value is -2.56. The summed E-state index contributed by atoms with van der Waals surface area (Å²) in [6, 6.07) is 7.91. The van der Waals surface area contributed by atoms with Crippen molar-refractivity contribution in [2.45, 2.75) is 52.9 Å². The quantitative estimate of drug-likeness (QED) is 0.712. The topological polar surface area (TPSA) is 55.8 Å². The first-order valence-corrected chi connectivity index (χ1v) is 10.1. The van der Waals surface area contributed by atoms with Crippen molar-refractivity contribution in [2.75, 3.05) is 19.8 Å². The summed E-state index contributed by atoms with van der Waals surface area (Å²) in [5.74, 6) is -1.17. The van der Waals surface area contributed by atoms with E-state index >= 15 is 0 Å². The highest BCUT2D eigenvalue weighted by Gasteiger charge is 2.42. The van der Waals surface area contributed by atoms with Crippen molar-refractivity contribution < 1.29 is 19.1 Å². The average Bonchev–Trinajstić information content (AvgIpc) is 2.68. The van der Waals surface area contributed by atoms with Crippen molar-refractivity contribution in [3.8, 4) is 0 Å². The van der Waals surface area contributed by atoms with E-state index in [9.17, 15) is 9.59 Å². The van der Waals surface area contributed by atoms with Crippen LogP contribution >= 0.6 is 0 Å². The Morgan fingerprint density at radius 1 is 1.00 bits per heavy atom. The van der Waals surface area contributed by atoms with Crippen LogP contribution in [0.2, 0.25) is 0 Å². The third-order valence-electron chi connectivity index (χ3n) is 5.54. The largest absolute Gasteiger partial charge is 0.463 e. The standard InChI is InChI=1S/C23H29NO4/c1-5-27-22(25)19-16(4)24-14-10-9-13-18(24)21(23(26)28-6-2)20(19)17-12-8-7-11-15(17)3/h7-8,11-12,20H,5-6,9-10,13-14H2,1-4H3. The van der Waals surface area contributed by atoms with E-state index < -0.39 is 5.92 Å². The molecule has 28 heavy (non-hydrogen) atoms. The fourth-order valence-corrected chi connectivity index (χ4v) is 4.29. The van der Waals surface area contributed by atoms with Crippen LogP contribution < -0.4 is 0 Å². The molecule has 1 aromatic carbocycles. The zero-order chi connectivity index (χ0) is 20.3. The molecular formula is C23H29NO4. The molecule has 1 unspecified atom stereocenters. The molecule has 0 N–H and O–H groups in total. The van der Waals surface area contributed by atoms with Crippen molar-refractivity contribution in [1.82, 2.24) is 4.90 Å². The van der Waals surface area contributed by atoms with Gasteiger partial charge in [0, 0.05) is 17.9 Å². The van der Waals surface area contributed by atoms with Gasteiger partial charge in [-0.3, -0.25) is 0 Å². The first-order chi connectivity index (χ1) is 13.5. The van der Waals surface area contributed by atoms with E-state index in [1.54, 1.807) is 13.8 Å². The van der Waals surface area contributed by atoms with Crippen LogP contribution in [-0.4, -0.2) is 36.6 Å². The van der Waals surface area contributed by atoms with E-state index in [1.165, 1.54) is 0 Å². The van der Waals surface area contributed by atoms with Crippen LogP contribution in [0.25, 0.3) is 0 Å². The minimum absolute atomic E-state index is 0.293. The highest BCUT2D eigenvalue weighted by molar-refractivity contribution is 6.00. The number of rotatable bonds is 5. The second kappa shape index (κ2) is 8.63. The summed E-state index contributed by atoms with van der Waals surface area (Å²) in [4.78, 5) is 28.2. The number of esters is 2. The molecular weight excluding hydrogens is 354 g/mol. The number of carbonyl (C=O) groups excluding carboxylic acids is 2. The molecule has 0 spiro atoms. The fourth-order valence-electron chi connectivity index (χ4n) is 4.29. The second-order valence-corrected chi connectivity index (χ2v) is 7.20. The summed E-state index contributed by atoms with van der Waals surface area (Å²) < 4.78 is 10.9. The number of hydrogen-bond acceptors (Lipinski definition) is 5. The van der Waals surface area contributed by atoms with Gasteiger partial charge in [-0.25, -0.2) is 9.59 Å². The summed E-state index contributed by atoms with van der Waals surface area (Å²) in [6.45, 7) is 8.97. The number of allylic oxidation sites excluding steroid dienone is 2.